The summed E-state index contributed by atoms with van der Waals surface area (Å²) in [6, 6.07) is 4.07. The maximum absolute atomic E-state index is 12.0. The third-order valence-electron chi connectivity index (χ3n) is 1.51. The van der Waals surface area contributed by atoms with Gasteiger partial charge in [0.1, 0.15) is 18.1 Å². The number of nitrogens with two attached hydrogens (primary N) is 1. The summed E-state index contributed by atoms with van der Waals surface area (Å²) in [6.07, 6.45) is -4.73. The highest BCUT2D eigenvalue weighted by molar-refractivity contribution is 9.10. The van der Waals surface area contributed by atoms with Gasteiger partial charge in [-0.1, -0.05) is 0 Å². The molecule has 0 spiro atoms. The normalized spacial score (nSPS) is 10.6. The fourth-order valence-electron chi connectivity index (χ4n) is 0.953. The zero-order valence-corrected chi connectivity index (χ0v) is 10.9. The molecule has 17 heavy (non-hydrogen) atoms. The van der Waals surface area contributed by atoms with Gasteiger partial charge < -0.3 is 15.2 Å². The molecule has 0 aliphatic carbocycles. The number of benzene rings is 1. The van der Waals surface area contributed by atoms with Gasteiger partial charge in [0.05, 0.1) is 4.47 Å². The summed E-state index contributed by atoms with van der Waals surface area (Å²) in [5.74, 6) is -0.0741. The summed E-state index contributed by atoms with van der Waals surface area (Å²) >= 11 is 2.95. The Kier molecular flexibility index (Phi) is 6.66. The van der Waals surface area contributed by atoms with Gasteiger partial charge in [0.2, 0.25) is 0 Å². The fourth-order valence-corrected chi connectivity index (χ4v) is 1.28. The first kappa shape index (κ1) is 16.3. The lowest BCUT2D eigenvalue weighted by Crippen LogP contribution is -2.17. The van der Waals surface area contributed by atoms with Crippen LogP contribution in [-0.2, 0) is 0 Å². The van der Waals surface area contributed by atoms with Crippen molar-refractivity contribution in [3.8, 4) is 11.5 Å². The molecule has 0 unspecified atom stereocenters. The Morgan fingerprint density at radius 3 is 2.47 bits per heavy atom. The van der Waals surface area contributed by atoms with Gasteiger partial charge in [-0.05, 0) is 28.1 Å². The largest absolute Gasteiger partial charge is 0.573 e. The molecule has 0 aliphatic heterocycles. The first-order chi connectivity index (χ1) is 7.42. The van der Waals surface area contributed by atoms with Gasteiger partial charge in [0.25, 0.3) is 0 Å². The molecule has 2 N–H and O–H groups in total. The summed E-state index contributed by atoms with van der Waals surface area (Å²) in [6.45, 7) is 0.513. The maximum atomic E-state index is 12.0. The summed E-state index contributed by atoms with van der Waals surface area (Å²) in [5.41, 5.74) is 5.20. The molecular weight excluding hydrogens is 326 g/mol. The standard InChI is InChI=1S/C9H9BrF3NO2.ClH/c10-7-2-1-6(15-4-3-14)5-8(7)16-9(11,12)13;/h1-2,5H,3-4,14H2;1H. The first-order valence-corrected chi connectivity index (χ1v) is 5.10. The molecule has 0 heterocycles. The highest BCUT2D eigenvalue weighted by Crippen LogP contribution is 2.33. The van der Waals surface area contributed by atoms with E-state index in [0.29, 0.717) is 0 Å². The molecule has 8 heteroatoms. The molecule has 0 saturated heterocycles. The maximum Gasteiger partial charge on any atom is 0.573 e. The van der Waals surface area contributed by atoms with E-state index in [1.165, 1.54) is 12.1 Å². The lowest BCUT2D eigenvalue weighted by atomic mass is 10.3. The van der Waals surface area contributed by atoms with Crippen LogP contribution in [0.3, 0.4) is 0 Å². The summed E-state index contributed by atoms with van der Waals surface area (Å²) < 4.78 is 45.1. The smallest absolute Gasteiger partial charge is 0.492 e. The van der Waals surface area contributed by atoms with Crippen LogP contribution in [0.15, 0.2) is 22.7 Å². The molecule has 0 bridgehead atoms. The SMILES string of the molecule is Cl.NCCOc1ccc(Br)c(OC(F)(F)F)c1. The fraction of sp³-hybridized carbons (Fsp3) is 0.333. The second-order valence-electron chi connectivity index (χ2n) is 2.78. The van der Waals surface area contributed by atoms with E-state index in [2.05, 4.69) is 20.7 Å². The van der Waals surface area contributed by atoms with Crippen LogP contribution in [0, 0.1) is 0 Å². The first-order valence-electron chi connectivity index (χ1n) is 4.30. The molecule has 0 saturated carbocycles. The van der Waals surface area contributed by atoms with Gasteiger partial charge in [-0.3, -0.25) is 0 Å². The van der Waals surface area contributed by atoms with E-state index in [4.69, 9.17) is 10.5 Å². The Bertz CT molecular complexity index is 363. The van der Waals surface area contributed by atoms with Crippen molar-refractivity contribution in [1.82, 2.24) is 0 Å². The van der Waals surface area contributed by atoms with Gasteiger partial charge >= 0.3 is 6.36 Å². The van der Waals surface area contributed by atoms with E-state index < -0.39 is 6.36 Å². The minimum Gasteiger partial charge on any atom is -0.492 e. The Morgan fingerprint density at radius 1 is 1.29 bits per heavy atom. The zero-order valence-electron chi connectivity index (χ0n) is 8.46. The predicted molar refractivity (Wildman–Crippen MR) is 62.6 cm³/mol. The van der Waals surface area contributed by atoms with Crippen LogP contribution in [0.5, 0.6) is 11.5 Å². The van der Waals surface area contributed by atoms with Crippen LogP contribution >= 0.6 is 28.3 Å². The van der Waals surface area contributed by atoms with Crippen LogP contribution in [0.25, 0.3) is 0 Å². The quantitative estimate of drug-likeness (QED) is 0.919. The Morgan fingerprint density at radius 2 is 1.94 bits per heavy atom. The average molecular weight is 337 g/mol. The molecule has 1 aromatic rings. The minimum atomic E-state index is -4.73. The van der Waals surface area contributed by atoms with Crippen molar-refractivity contribution < 1.29 is 22.6 Å². The van der Waals surface area contributed by atoms with Crippen LogP contribution in [0.1, 0.15) is 0 Å². The number of halogens is 5. The van der Waals surface area contributed by atoms with Crippen molar-refractivity contribution in [3.05, 3.63) is 22.7 Å². The molecule has 1 aromatic carbocycles. The van der Waals surface area contributed by atoms with Crippen molar-refractivity contribution in [3.63, 3.8) is 0 Å². The predicted octanol–water partition coefficient (Wildman–Crippen LogP) is 3.11. The van der Waals surface area contributed by atoms with Crippen LogP contribution in [-0.4, -0.2) is 19.5 Å². The van der Waals surface area contributed by atoms with Crippen molar-refractivity contribution in [2.75, 3.05) is 13.2 Å². The van der Waals surface area contributed by atoms with Crippen molar-refractivity contribution in [1.29, 1.82) is 0 Å². The van der Waals surface area contributed by atoms with E-state index in [1.807, 2.05) is 0 Å². The van der Waals surface area contributed by atoms with Crippen molar-refractivity contribution >= 4 is 28.3 Å². The second kappa shape index (κ2) is 6.93. The number of ether oxygens (including phenoxy) is 2. The Labute approximate surface area is 111 Å². The Balaban J connectivity index is 0.00000256. The highest BCUT2D eigenvalue weighted by atomic mass is 79.9. The van der Waals surface area contributed by atoms with E-state index in [0.717, 1.165) is 6.07 Å². The number of hydrogen-bond acceptors (Lipinski definition) is 3. The van der Waals surface area contributed by atoms with Crippen molar-refractivity contribution in [2.45, 2.75) is 6.36 Å². The van der Waals surface area contributed by atoms with Gasteiger partial charge in [-0.25, -0.2) is 0 Å². The molecule has 0 aromatic heterocycles. The lowest BCUT2D eigenvalue weighted by molar-refractivity contribution is -0.274. The van der Waals surface area contributed by atoms with Crippen LogP contribution in [0.2, 0.25) is 0 Å². The van der Waals surface area contributed by atoms with Gasteiger partial charge in [-0.15, -0.1) is 25.6 Å². The third-order valence-corrected chi connectivity index (χ3v) is 2.17. The van der Waals surface area contributed by atoms with E-state index in [-0.39, 0.29) is 41.5 Å². The Hall–Kier alpha value is -0.660. The molecule has 3 nitrogen and oxygen atoms in total. The summed E-state index contributed by atoms with van der Waals surface area (Å²) in [5, 5.41) is 0. The molecule has 0 atom stereocenters. The third kappa shape index (κ3) is 5.99. The monoisotopic (exact) mass is 335 g/mol. The molecular formula is C9H10BrClF3NO2. The summed E-state index contributed by atoms with van der Waals surface area (Å²) in [4.78, 5) is 0. The van der Waals surface area contributed by atoms with Gasteiger partial charge in [-0.2, -0.15) is 0 Å². The van der Waals surface area contributed by atoms with Crippen LogP contribution < -0.4 is 15.2 Å². The molecule has 0 fully saturated rings. The summed E-state index contributed by atoms with van der Waals surface area (Å²) in [7, 11) is 0. The van der Waals surface area contributed by atoms with E-state index in [9.17, 15) is 13.2 Å². The lowest BCUT2D eigenvalue weighted by Gasteiger charge is -2.12. The van der Waals surface area contributed by atoms with Gasteiger partial charge in [0, 0.05) is 12.6 Å². The highest BCUT2D eigenvalue weighted by Gasteiger charge is 2.32. The topological polar surface area (TPSA) is 44.5 Å². The zero-order chi connectivity index (χ0) is 12.2. The van der Waals surface area contributed by atoms with E-state index >= 15 is 0 Å². The molecule has 0 amide bonds. The molecule has 1 rings (SSSR count). The minimum absolute atomic E-state index is 0. The average Bonchev–Trinajstić information content (AvgIpc) is 2.17. The van der Waals surface area contributed by atoms with E-state index in [1.54, 1.807) is 0 Å². The molecule has 98 valence electrons. The number of rotatable bonds is 4. The molecule has 0 aliphatic rings. The number of alkyl halides is 3. The van der Waals surface area contributed by atoms with Crippen molar-refractivity contribution in [2.24, 2.45) is 5.73 Å². The second-order valence-corrected chi connectivity index (χ2v) is 3.63. The van der Waals surface area contributed by atoms with Gasteiger partial charge in [0.15, 0.2) is 0 Å². The number of hydrogen-bond donors (Lipinski definition) is 1. The van der Waals surface area contributed by atoms with Crippen LogP contribution in [0.4, 0.5) is 13.2 Å². The molecule has 0 radical (unpaired) electrons.